The summed E-state index contributed by atoms with van der Waals surface area (Å²) in [7, 11) is 1.64. The fourth-order valence-electron chi connectivity index (χ4n) is 1.25. The zero-order valence-corrected chi connectivity index (χ0v) is 8.00. The van der Waals surface area contributed by atoms with Crippen molar-refractivity contribution >= 4 is 12.2 Å². The van der Waals surface area contributed by atoms with Crippen molar-refractivity contribution in [1.82, 2.24) is 4.98 Å². The molecule has 0 aliphatic carbocycles. The molecule has 13 heavy (non-hydrogen) atoms. The lowest BCUT2D eigenvalue weighted by atomic mass is 10.1. The molecular weight excluding hydrogens is 162 g/mol. The van der Waals surface area contributed by atoms with Crippen LogP contribution in [0.15, 0.2) is 19.4 Å². The number of hydrogen-bond acceptors (Lipinski definition) is 2. The minimum Gasteiger partial charge on any atom is -0.496 e. The van der Waals surface area contributed by atoms with E-state index in [0.29, 0.717) is 0 Å². The molecule has 2 heteroatoms. The van der Waals surface area contributed by atoms with Gasteiger partial charge in [0.2, 0.25) is 0 Å². The largest absolute Gasteiger partial charge is 0.496 e. The van der Waals surface area contributed by atoms with Crippen molar-refractivity contribution in [2.45, 2.75) is 6.92 Å². The van der Waals surface area contributed by atoms with Gasteiger partial charge in [0.1, 0.15) is 5.75 Å². The third-order valence-electron chi connectivity index (χ3n) is 1.88. The van der Waals surface area contributed by atoms with Gasteiger partial charge < -0.3 is 4.74 Å². The molecule has 0 radical (unpaired) electrons. The van der Waals surface area contributed by atoms with E-state index in [1.807, 2.05) is 6.92 Å². The molecule has 2 nitrogen and oxygen atoms in total. The normalized spacial score (nSPS) is 9.38. The quantitative estimate of drug-likeness (QED) is 0.704. The van der Waals surface area contributed by atoms with Crippen LogP contribution in [-0.4, -0.2) is 12.1 Å². The van der Waals surface area contributed by atoms with Gasteiger partial charge in [0.25, 0.3) is 0 Å². The Balaban J connectivity index is 3.44. The fraction of sp³-hybridized carbons (Fsp3) is 0.182. The number of hydrogen-bond donors (Lipinski definition) is 0. The van der Waals surface area contributed by atoms with Crippen LogP contribution in [0, 0.1) is 6.92 Å². The van der Waals surface area contributed by atoms with Crippen molar-refractivity contribution in [2.75, 3.05) is 7.11 Å². The summed E-state index contributed by atoms with van der Waals surface area (Å²) in [5, 5.41) is 0. The van der Waals surface area contributed by atoms with E-state index in [-0.39, 0.29) is 0 Å². The molecule has 1 heterocycles. The molecule has 0 saturated carbocycles. The number of methoxy groups -OCH3 is 1. The summed E-state index contributed by atoms with van der Waals surface area (Å²) in [5.41, 5.74) is 2.71. The van der Waals surface area contributed by atoms with Crippen LogP contribution in [0.4, 0.5) is 0 Å². The third-order valence-corrected chi connectivity index (χ3v) is 1.88. The number of rotatable bonds is 3. The summed E-state index contributed by atoms with van der Waals surface area (Å²) in [4.78, 5) is 4.21. The summed E-state index contributed by atoms with van der Waals surface area (Å²) < 4.78 is 5.25. The minimum atomic E-state index is 0.803. The fourth-order valence-corrected chi connectivity index (χ4v) is 1.25. The third kappa shape index (κ3) is 1.61. The lowest BCUT2D eigenvalue weighted by Gasteiger charge is -2.09. The molecule has 0 atom stereocenters. The van der Waals surface area contributed by atoms with Gasteiger partial charge in [-0.2, -0.15) is 0 Å². The lowest BCUT2D eigenvalue weighted by Crippen LogP contribution is -1.95. The van der Waals surface area contributed by atoms with Crippen LogP contribution in [0.5, 0.6) is 5.75 Å². The van der Waals surface area contributed by atoms with Crippen molar-refractivity contribution in [3.8, 4) is 5.75 Å². The number of aromatic nitrogens is 1. The Morgan fingerprint density at radius 1 is 1.38 bits per heavy atom. The van der Waals surface area contributed by atoms with Gasteiger partial charge in [-0.3, -0.25) is 4.98 Å². The molecule has 0 aromatic carbocycles. The van der Waals surface area contributed by atoms with Crippen molar-refractivity contribution in [2.24, 2.45) is 0 Å². The maximum Gasteiger partial charge on any atom is 0.132 e. The molecular formula is C11H13NO. The van der Waals surface area contributed by atoms with E-state index in [1.165, 1.54) is 0 Å². The van der Waals surface area contributed by atoms with Gasteiger partial charge in [0.15, 0.2) is 0 Å². The smallest absolute Gasteiger partial charge is 0.132 e. The molecule has 0 spiro atoms. The zero-order chi connectivity index (χ0) is 9.84. The van der Waals surface area contributed by atoms with Gasteiger partial charge in [-0.15, -0.1) is 0 Å². The molecule has 0 amide bonds. The van der Waals surface area contributed by atoms with Crippen LogP contribution in [0.1, 0.15) is 16.8 Å². The van der Waals surface area contributed by atoms with Crippen molar-refractivity contribution in [1.29, 1.82) is 0 Å². The SMILES string of the molecule is C=Cc1ncc(C)c(OC)c1C=C. The van der Waals surface area contributed by atoms with Gasteiger partial charge >= 0.3 is 0 Å². The van der Waals surface area contributed by atoms with E-state index in [4.69, 9.17) is 4.74 Å². The lowest BCUT2D eigenvalue weighted by molar-refractivity contribution is 0.410. The van der Waals surface area contributed by atoms with Gasteiger partial charge in [0, 0.05) is 17.3 Å². The van der Waals surface area contributed by atoms with Crippen LogP contribution in [0.25, 0.3) is 12.2 Å². The highest BCUT2D eigenvalue weighted by atomic mass is 16.5. The van der Waals surface area contributed by atoms with Crippen LogP contribution < -0.4 is 4.74 Å². The average Bonchev–Trinajstić information content (AvgIpc) is 2.17. The molecule has 0 aliphatic rings. The maximum atomic E-state index is 5.25. The van der Waals surface area contributed by atoms with E-state index >= 15 is 0 Å². The van der Waals surface area contributed by atoms with E-state index < -0.39 is 0 Å². The zero-order valence-electron chi connectivity index (χ0n) is 8.00. The van der Waals surface area contributed by atoms with Crippen LogP contribution >= 0.6 is 0 Å². The summed E-state index contributed by atoms with van der Waals surface area (Å²) >= 11 is 0. The van der Waals surface area contributed by atoms with Gasteiger partial charge in [-0.1, -0.05) is 19.2 Å². The summed E-state index contributed by atoms with van der Waals surface area (Å²) in [6.45, 7) is 9.35. The Bertz CT molecular complexity index is 342. The molecule has 0 unspecified atom stereocenters. The molecule has 1 rings (SSSR count). The average molecular weight is 175 g/mol. The highest BCUT2D eigenvalue weighted by Crippen LogP contribution is 2.26. The highest BCUT2D eigenvalue weighted by Gasteiger charge is 2.07. The molecule has 0 saturated heterocycles. The minimum absolute atomic E-state index is 0.803. The second-order valence-electron chi connectivity index (χ2n) is 2.68. The van der Waals surface area contributed by atoms with E-state index in [2.05, 4.69) is 18.1 Å². The maximum absolute atomic E-state index is 5.25. The molecule has 0 bridgehead atoms. The summed E-state index contributed by atoms with van der Waals surface area (Å²) in [6.07, 6.45) is 5.19. The number of aryl methyl sites for hydroxylation is 1. The standard InChI is InChI=1S/C11H13NO/c1-5-9-10(6-2)12-7-8(3)11(9)13-4/h5-7H,1-2H2,3-4H3. The Hall–Kier alpha value is -1.57. The molecule has 0 N–H and O–H groups in total. The van der Waals surface area contributed by atoms with Gasteiger partial charge in [-0.05, 0) is 13.0 Å². The number of ether oxygens (including phenoxy) is 1. The first-order chi connectivity index (χ1) is 6.24. The predicted octanol–water partition coefficient (Wildman–Crippen LogP) is 2.68. The Labute approximate surface area is 78.6 Å². The van der Waals surface area contributed by atoms with E-state index in [9.17, 15) is 0 Å². The van der Waals surface area contributed by atoms with Crippen LogP contribution in [0.2, 0.25) is 0 Å². The monoisotopic (exact) mass is 175 g/mol. The Kier molecular flexibility index (Phi) is 2.85. The van der Waals surface area contributed by atoms with Gasteiger partial charge in [0.05, 0.1) is 12.8 Å². The molecule has 1 aromatic rings. The predicted molar refractivity (Wildman–Crippen MR) is 55.7 cm³/mol. The number of pyridine rings is 1. The molecule has 0 aliphatic heterocycles. The van der Waals surface area contributed by atoms with Gasteiger partial charge in [-0.25, -0.2) is 0 Å². The highest BCUT2D eigenvalue weighted by molar-refractivity contribution is 5.67. The van der Waals surface area contributed by atoms with Crippen molar-refractivity contribution in [3.63, 3.8) is 0 Å². The first-order valence-corrected chi connectivity index (χ1v) is 4.03. The topological polar surface area (TPSA) is 22.1 Å². The first-order valence-electron chi connectivity index (χ1n) is 4.03. The second kappa shape index (κ2) is 3.90. The van der Waals surface area contributed by atoms with Crippen LogP contribution in [0.3, 0.4) is 0 Å². The molecule has 0 fully saturated rings. The number of nitrogens with zero attached hydrogens (tertiary/aromatic N) is 1. The Morgan fingerprint density at radius 3 is 2.54 bits per heavy atom. The van der Waals surface area contributed by atoms with E-state index in [1.54, 1.807) is 25.5 Å². The van der Waals surface area contributed by atoms with Crippen molar-refractivity contribution < 1.29 is 4.74 Å². The summed E-state index contributed by atoms with van der Waals surface area (Å²) in [6, 6.07) is 0. The van der Waals surface area contributed by atoms with Crippen LogP contribution in [-0.2, 0) is 0 Å². The second-order valence-corrected chi connectivity index (χ2v) is 2.68. The molecule has 1 aromatic heterocycles. The first kappa shape index (κ1) is 9.52. The van der Waals surface area contributed by atoms with E-state index in [0.717, 1.165) is 22.6 Å². The Morgan fingerprint density at radius 2 is 2.08 bits per heavy atom. The van der Waals surface area contributed by atoms with Crippen molar-refractivity contribution in [3.05, 3.63) is 36.2 Å². The summed E-state index contributed by atoms with van der Waals surface area (Å²) in [5.74, 6) is 0.819. The molecule has 68 valence electrons.